The van der Waals surface area contributed by atoms with E-state index in [-0.39, 0.29) is 43.0 Å². The van der Waals surface area contributed by atoms with Crippen LogP contribution in [-0.2, 0) is 28.6 Å². The van der Waals surface area contributed by atoms with Gasteiger partial charge in [-0.2, -0.15) is 0 Å². The van der Waals surface area contributed by atoms with E-state index < -0.39 is 12.1 Å². The number of esters is 3. The zero-order valence-electron chi connectivity index (χ0n) is 34.2. The maximum absolute atomic E-state index is 12.2. The maximum Gasteiger partial charge on any atom is 0.414 e. The molecule has 2 fully saturated rings. The van der Waals surface area contributed by atoms with Gasteiger partial charge in [0.25, 0.3) is 0 Å². The van der Waals surface area contributed by atoms with E-state index in [1.165, 1.54) is 103 Å². The summed E-state index contributed by atoms with van der Waals surface area (Å²) in [7, 11) is 0. The largest absolute Gasteiger partial charge is 0.462 e. The summed E-state index contributed by atoms with van der Waals surface area (Å²) in [5.74, 6) is -0.604. The molecule has 0 aromatic rings. The van der Waals surface area contributed by atoms with Gasteiger partial charge < -0.3 is 31.0 Å². The number of amides is 1. The second-order valence-electron chi connectivity index (χ2n) is 15.4. The highest BCUT2D eigenvalue weighted by Crippen LogP contribution is 2.21. The number of unbranched alkanes of at least 4 members (excludes halogenated alkanes) is 6. The van der Waals surface area contributed by atoms with Crippen molar-refractivity contribution in [3.8, 4) is 0 Å². The first-order valence-corrected chi connectivity index (χ1v) is 22.2. The summed E-state index contributed by atoms with van der Waals surface area (Å²) in [6.07, 6.45) is 35.8. The van der Waals surface area contributed by atoms with Crippen molar-refractivity contribution in [2.75, 3.05) is 19.6 Å². The van der Waals surface area contributed by atoms with Gasteiger partial charge in [-0.3, -0.25) is 14.4 Å². The Balaban J connectivity index is 0.00000111. The summed E-state index contributed by atoms with van der Waals surface area (Å²) in [5.41, 5.74) is 10.9. The number of carbonyl (C=O) groups is 4. The average molecular weight is 789 g/mol. The zero-order chi connectivity index (χ0) is 38.5. The van der Waals surface area contributed by atoms with E-state index in [1.54, 1.807) is 0 Å². The lowest BCUT2D eigenvalue weighted by Gasteiger charge is -2.18. The van der Waals surface area contributed by atoms with Crippen molar-refractivity contribution in [2.45, 2.75) is 231 Å². The molecule has 2 saturated carbocycles. The smallest absolute Gasteiger partial charge is 0.414 e. The second-order valence-corrected chi connectivity index (χ2v) is 15.4. The van der Waals surface area contributed by atoms with Crippen molar-refractivity contribution in [3.05, 3.63) is 0 Å². The summed E-state index contributed by atoms with van der Waals surface area (Å²) < 4.78 is 16.2. The first-order valence-electron chi connectivity index (χ1n) is 22.2. The van der Waals surface area contributed by atoms with Crippen LogP contribution in [0.15, 0.2) is 0 Å². The molecule has 0 spiro atoms. The van der Waals surface area contributed by atoms with Gasteiger partial charge in [0.1, 0.15) is 12.2 Å². The molecule has 11 heteroatoms. The highest BCUT2D eigenvalue weighted by molar-refractivity contribution is 5.85. The Morgan fingerprint density at radius 2 is 0.741 bits per heavy atom. The Kier molecular flexibility index (Phi) is 37.9. The molecule has 0 radical (unpaired) electrons. The van der Waals surface area contributed by atoms with Crippen molar-refractivity contribution in [1.82, 2.24) is 5.32 Å². The quantitative estimate of drug-likeness (QED) is 0.0531. The third-order valence-electron chi connectivity index (χ3n) is 10.4. The molecule has 10 nitrogen and oxygen atoms in total. The molecular formula is C43H82ClN3O7. The van der Waals surface area contributed by atoms with E-state index in [4.69, 9.17) is 25.7 Å². The minimum absolute atomic E-state index is 0. The van der Waals surface area contributed by atoms with Crippen LogP contribution in [0.3, 0.4) is 0 Å². The molecule has 0 aliphatic heterocycles. The van der Waals surface area contributed by atoms with Gasteiger partial charge in [-0.15, -0.1) is 12.4 Å². The van der Waals surface area contributed by atoms with Crippen molar-refractivity contribution < 1.29 is 33.4 Å². The fraction of sp³-hybridized carbons (Fsp3) is 0.907. The summed E-state index contributed by atoms with van der Waals surface area (Å²) in [5, 5.41) is 2.58. The minimum Gasteiger partial charge on any atom is -0.462 e. The number of nitrogens with one attached hydrogen (secondary N) is 1. The Bertz CT molecular complexity index is 886. The Labute approximate surface area is 335 Å². The molecule has 0 bridgehead atoms. The SMILES string of the molecule is Cl.NCCCCCC(=O)OC(=O)NCCCCCC(=O)OC1CCCCCCCCCCC1.NCCCCCC(=O)OC1CCCCCCCCCCC1. The van der Waals surface area contributed by atoms with Crippen LogP contribution in [0.4, 0.5) is 4.79 Å². The summed E-state index contributed by atoms with van der Waals surface area (Å²) in [6.45, 7) is 1.75. The first kappa shape index (κ1) is 52.1. The van der Waals surface area contributed by atoms with Gasteiger partial charge in [-0.05, 0) is 103 Å². The highest BCUT2D eigenvalue weighted by atomic mass is 35.5. The highest BCUT2D eigenvalue weighted by Gasteiger charge is 2.16. The number of carbonyl (C=O) groups excluding carboxylic acids is 4. The third kappa shape index (κ3) is 34.6. The summed E-state index contributed by atoms with van der Waals surface area (Å²) in [6, 6.07) is 0. The molecule has 5 N–H and O–H groups in total. The van der Waals surface area contributed by atoms with Crippen LogP contribution in [0.1, 0.15) is 218 Å². The predicted molar refractivity (Wildman–Crippen MR) is 222 cm³/mol. The Hall–Kier alpha value is -1.91. The number of alkyl carbamates (subject to hydrolysis) is 1. The molecule has 1 amide bonds. The lowest BCUT2D eigenvalue weighted by atomic mass is 9.99. The van der Waals surface area contributed by atoms with Gasteiger partial charge in [0.2, 0.25) is 0 Å². The van der Waals surface area contributed by atoms with Gasteiger partial charge in [-0.25, -0.2) is 4.79 Å². The maximum atomic E-state index is 12.2. The molecule has 2 aliphatic rings. The number of halogens is 1. The van der Waals surface area contributed by atoms with Crippen LogP contribution >= 0.6 is 12.4 Å². The van der Waals surface area contributed by atoms with E-state index >= 15 is 0 Å². The molecule has 0 aromatic heterocycles. The van der Waals surface area contributed by atoms with Crippen LogP contribution in [-0.4, -0.2) is 55.8 Å². The molecule has 318 valence electrons. The van der Waals surface area contributed by atoms with Gasteiger partial charge >= 0.3 is 24.0 Å². The minimum atomic E-state index is -0.698. The van der Waals surface area contributed by atoms with Gasteiger partial charge in [0, 0.05) is 25.8 Å². The number of nitrogens with two attached hydrogens (primary N) is 2. The molecule has 2 rings (SSSR count). The predicted octanol–water partition coefficient (Wildman–Crippen LogP) is 10.7. The van der Waals surface area contributed by atoms with Crippen molar-refractivity contribution in [1.29, 1.82) is 0 Å². The van der Waals surface area contributed by atoms with E-state index in [9.17, 15) is 19.2 Å². The molecule has 0 unspecified atom stereocenters. The summed E-state index contributed by atoms with van der Waals surface area (Å²) in [4.78, 5) is 47.2. The van der Waals surface area contributed by atoms with Crippen molar-refractivity contribution >= 4 is 36.4 Å². The van der Waals surface area contributed by atoms with E-state index in [0.717, 1.165) is 96.4 Å². The van der Waals surface area contributed by atoms with Crippen LogP contribution in [0.5, 0.6) is 0 Å². The third-order valence-corrected chi connectivity index (χ3v) is 10.4. The van der Waals surface area contributed by atoms with Gasteiger partial charge in [0.05, 0.1) is 0 Å². The zero-order valence-corrected chi connectivity index (χ0v) is 35.1. The van der Waals surface area contributed by atoms with Crippen LogP contribution < -0.4 is 16.8 Å². The summed E-state index contributed by atoms with van der Waals surface area (Å²) >= 11 is 0. The molecule has 0 aromatic carbocycles. The van der Waals surface area contributed by atoms with Gasteiger partial charge in [-0.1, -0.05) is 109 Å². The topological polar surface area (TPSA) is 160 Å². The standard InChI is InChI=1S/C25H46N2O5.C18H35NO2.ClH/c26-20-14-8-12-19-24(29)32-25(30)27-21-15-9-13-18-23(28)31-22-16-10-6-4-2-1-3-5-7-11-17-22;19-16-12-8-11-15-18(20)21-17-13-9-6-4-2-1-3-5-7-10-14-17;/h22H,1-21,26H2,(H,27,30);17H,1-16,19H2;1H. The lowest BCUT2D eigenvalue weighted by molar-refractivity contribution is -0.151. The van der Waals surface area contributed by atoms with E-state index in [0.29, 0.717) is 32.4 Å². The van der Waals surface area contributed by atoms with E-state index in [1.807, 2.05) is 0 Å². The fourth-order valence-electron chi connectivity index (χ4n) is 7.11. The Morgan fingerprint density at radius 3 is 1.09 bits per heavy atom. The van der Waals surface area contributed by atoms with Crippen molar-refractivity contribution in [3.63, 3.8) is 0 Å². The van der Waals surface area contributed by atoms with E-state index in [2.05, 4.69) is 5.32 Å². The number of hydrogen-bond acceptors (Lipinski definition) is 9. The van der Waals surface area contributed by atoms with Crippen molar-refractivity contribution in [2.24, 2.45) is 11.5 Å². The monoisotopic (exact) mass is 788 g/mol. The molecule has 54 heavy (non-hydrogen) atoms. The lowest BCUT2D eigenvalue weighted by Crippen LogP contribution is -2.27. The number of hydrogen-bond donors (Lipinski definition) is 3. The molecule has 0 heterocycles. The first-order chi connectivity index (χ1) is 25.9. The van der Waals surface area contributed by atoms with Gasteiger partial charge in [0.15, 0.2) is 0 Å². The number of ether oxygens (including phenoxy) is 3. The van der Waals surface area contributed by atoms with Crippen LogP contribution in [0.2, 0.25) is 0 Å². The Morgan fingerprint density at radius 1 is 0.426 bits per heavy atom. The normalized spacial score (nSPS) is 17.3. The molecule has 2 aliphatic carbocycles. The molecular weight excluding hydrogens is 706 g/mol. The molecule has 0 atom stereocenters. The molecule has 0 saturated heterocycles. The van der Waals surface area contributed by atoms with Crippen LogP contribution in [0.25, 0.3) is 0 Å². The second kappa shape index (κ2) is 39.3. The fourth-order valence-corrected chi connectivity index (χ4v) is 7.11. The number of rotatable bonds is 18. The van der Waals surface area contributed by atoms with Crippen LogP contribution in [0, 0.1) is 0 Å². The average Bonchev–Trinajstić information content (AvgIpc) is 3.12.